The summed E-state index contributed by atoms with van der Waals surface area (Å²) in [5.74, 6) is 0.437. The lowest BCUT2D eigenvalue weighted by molar-refractivity contribution is 0.0420. The van der Waals surface area contributed by atoms with E-state index in [0.717, 1.165) is 29.5 Å². The summed E-state index contributed by atoms with van der Waals surface area (Å²) < 4.78 is 0. The van der Waals surface area contributed by atoms with Crippen molar-refractivity contribution in [1.82, 2.24) is 5.32 Å². The summed E-state index contributed by atoms with van der Waals surface area (Å²) in [6.07, 6.45) is 1.47. The van der Waals surface area contributed by atoms with Crippen LogP contribution in [0.4, 0.5) is 0 Å². The van der Waals surface area contributed by atoms with Crippen molar-refractivity contribution in [3.63, 3.8) is 0 Å². The van der Waals surface area contributed by atoms with Gasteiger partial charge in [0.25, 0.3) is 5.91 Å². The number of nitrogens with one attached hydrogen (secondary N) is 1. The highest BCUT2D eigenvalue weighted by Crippen LogP contribution is 2.26. The van der Waals surface area contributed by atoms with Crippen molar-refractivity contribution in [1.29, 1.82) is 0 Å². The van der Waals surface area contributed by atoms with E-state index in [-0.39, 0.29) is 12.0 Å². The van der Waals surface area contributed by atoms with Crippen LogP contribution in [0.1, 0.15) is 34.3 Å². The molecule has 2 rings (SSSR count). The summed E-state index contributed by atoms with van der Waals surface area (Å²) in [6.45, 7) is 4.60. The van der Waals surface area contributed by atoms with Crippen LogP contribution in [0.2, 0.25) is 0 Å². The van der Waals surface area contributed by atoms with Gasteiger partial charge in [0.2, 0.25) is 0 Å². The Balaban J connectivity index is 1.92. The molecule has 1 saturated carbocycles. The molecule has 0 unspecified atom stereocenters. The molecule has 1 aromatic carbocycles. The minimum Gasteiger partial charge on any atom is -0.393 e. The summed E-state index contributed by atoms with van der Waals surface area (Å²) in [5.41, 5.74) is 2.85. The molecule has 1 aliphatic carbocycles. The van der Waals surface area contributed by atoms with Gasteiger partial charge in [0.05, 0.1) is 6.10 Å². The summed E-state index contributed by atoms with van der Waals surface area (Å²) in [5, 5.41) is 12.1. The summed E-state index contributed by atoms with van der Waals surface area (Å²) in [7, 11) is 0. The monoisotopic (exact) mass is 233 g/mol. The Hall–Kier alpha value is -1.35. The number of carbonyl (C=O) groups is 1. The normalized spacial score (nSPS) is 23.0. The molecule has 2 N–H and O–H groups in total. The standard InChI is InChI=1S/C14H19NO2/c1-9-3-4-10(2)13(5-9)14(17)15-8-11-6-12(16)7-11/h3-5,11-12,16H,6-8H2,1-2H3,(H,15,17). The first kappa shape index (κ1) is 12.1. The van der Waals surface area contributed by atoms with E-state index < -0.39 is 0 Å². The van der Waals surface area contributed by atoms with Gasteiger partial charge in [-0.25, -0.2) is 0 Å². The molecule has 3 nitrogen and oxygen atoms in total. The lowest BCUT2D eigenvalue weighted by atomic mass is 9.82. The fraction of sp³-hybridized carbons (Fsp3) is 0.500. The molecule has 0 aliphatic heterocycles. The Bertz CT molecular complexity index is 422. The lowest BCUT2D eigenvalue weighted by Gasteiger charge is -2.31. The molecule has 3 heteroatoms. The molecule has 92 valence electrons. The highest BCUT2D eigenvalue weighted by Gasteiger charge is 2.27. The molecule has 1 amide bonds. The van der Waals surface area contributed by atoms with Crippen LogP contribution in [0.5, 0.6) is 0 Å². The van der Waals surface area contributed by atoms with Gasteiger partial charge >= 0.3 is 0 Å². The van der Waals surface area contributed by atoms with Crippen molar-refractivity contribution >= 4 is 5.91 Å². The Morgan fingerprint density at radius 3 is 2.76 bits per heavy atom. The lowest BCUT2D eigenvalue weighted by Crippen LogP contribution is -2.38. The van der Waals surface area contributed by atoms with Crippen molar-refractivity contribution in [3.05, 3.63) is 34.9 Å². The first-order chi connectivity index (χ1) is 8.06. The van der Waals surface area contributed by atoms with Crippen LogP contribution >= 0.6 is 0 Å². The number of rotatable bonds is 3. The molecule has 0 aromatic heterocycles. The van der Waals surface area contributed by atoms with Gasteiger partial charge in [0.1, 0.15) is 0 Å². The highest BCUT2D eigenvalue weighted by atomic mass is 16.3. The molecule has 0 bridgehead atoms. The summed E-state index contributed by atoms with van der Waals surface area (Å²) in [6, 6.07) is 5.89. The number of aliphatic hydroxyl groups is 1. The van der Waals surface area contributed by atoms with Crippen LogP contribution in [0.15, 0.2) is 18.2 Å². The molecule has 0 heterocycles. The van der Waals surface area contributed by atoms with Gasteiger partial charge in [0.15, 0.2) is 0 Å². The molecule has 0 saturated heterocycles. The van der Waals surface area contributed by atoms with E-state index in [0.29, 0.717) is 12.5 Å². The maximum absolute atomic E-state index is 12.0. The van der Waals surface area contributed by atoms with E-state index in [4.69, 9.17) is 5.11 Å². The van der Waals surface area contributed by atoms with Crippen LogP contribution in [-0.4, -0.2) is 23.7 Å². The van der Waals surface area contributed by atoms with E-state index in [1.54, 1.807) is 0 Å². The largest absolute Gasteiger partial charge is 0.393 e. The number of amides is 1. The maximum Gasteiger partial charge on any atom is 0.251 e. The van der Waals surface area contributed by atoms with Crippen molar-refractivity contribution in [2.45, 2.75) is 32.8 Å². The Morgan fingerprint density at radius 2 is 2.12 bits per heavy atom. The minimum absolute atomic E-state index is 0.00686. The van der Waals surface area contributed by atoms with E-state index in [9.17, 15) is 4.79 Å². The predicted octanol–water partition coefficient (Wildman–Crippen LogP) is 1.80. The third-order valence-electron chi connectivity index (χ3n) is 3.40. The molecule has 1 fully saturated rings. The molecule has 0 radical (unpaired) electrons. The zero-order chi connectivity index (χ0) is 12.4. The topological polar surface area (TPSA) is 49.3 Å². The van der Waals surface area contributed by atoms with Crippen LogP contribution in [0.3, 0.4) is 0 Å². The molecule has 0 spiro atoms. The van der Waals surface area contributed by atoms with Crippen molar-refractivity contribution in [3.8, 4) is 0 Å². The second kappa shape index (κ2) is 4.88. The Kier molecular flexibility index (Phi) is 3.48. The van der Waals surface area contributed by atoms with E-state index in [1.807, 2.05) is 32.0 Å². The number of carbonyl (C=O) groups excluding carboxylic acids is 1. The van der Waals surface area contributed by atoms with Crippen LogP contribution in [-0.2, 0) is 0 Å². The number of hydrogen-bond acceptors (Lipinski definition) is 2. The van der Waals surface area contributed by atoms with Gasteiger partial charge < -0.3 is 10.4 Å². The molecular formula is C14H19NO2. The van der Waals surface area contributed by atoms with Crippen LogP contribution in [0, 0.1) is 19.8 Å². The molecule has 0 atom stereocenters. The van der Waals surface area contributed by atoms with E-state index >= 15 is 0 Å². The Morgan fingerprint density at radius 1 is 1.41 bits per heavy atom. The first-order valence-corrected chi connectivity index (χ1v) is 6.10. The second-order valence-corrected chi connectivity index (χ2v) is 5.02. The average Bonchev–Trinajstić information content (AvgIpc) is 2.26. The minimum atomic E-state index is -0.155. The summed E-state index contributed by atoms with van der Waals surface area (Å²) in [4.78, 5) is 12.0. The average molecular weight is 233 g/mol. The first-order valence-electron chi connectivity index (χ1n) is 6.10. The number of hydrogen-bond donors (Lipinski definition) is 2. The van der Waals surface area contributed by atoms with Crippen LogP contribution < -0.4 is 5.32 Å². The fourth-order valence-corrected chi connectivity index (χ4v) is 2.18. The zero-order valence-corrected chi connectivity index (χ0v) is 10.4. The van der Waals surface area contributed by atoms with Gasteiger partial charge in [-0.05, 0) is 44.2 Å². The molecular weight excluding hydrogens is 214 g/mol. The van der Waals surface area contributed by atoms with Gasteiger partial charge in [0, 0.05) is 12.1 Å². The SMILES string of the molecule is Cc1ccc(C)c(C(=O)NCC2CC(O)C2)c1. The molecule has 17 heavy (non-hydrogen) atoms. The quantitative estimate of drug-likeness (QED) is 0.836. The number of benzene rings is 1. The van der Waals surface area contributed by atoms with Gasteiger partial charge in [-0.1, -0.05) is 17.7 Å². The third kappa shape index (κ3) is 2.86. The highest BCUT2D eigenvalue weighted by molar-refractivity contribution is 5.95. The van der Waals surface area contributed by atoms with Crippen molar-refractivity contribution in [2.24, 2.45) is 5.92 Å². The Labute approximate surface area is 102 Å². The zero-order valence-electron chi connectivity index (χ0n) is 10.4. The number of aliphatic hydroxyl groups excluding tert-OH is 1. The van der Waals surface area contributed by atoms with Gasteiger partial charge in [-0.3, -0.25) is 4.79 Å². The number of aryl methyl sites for hydroxylation is 2. The fourth-order valence-electron chi connectivity index (χ4n) is 2.18. The molecule has 1 aromatic rings. The van der Waals surface area contributed by atoms with Crippen LogP contribution in [0.25, 0.3) is 0 Å². The van der Waals surface area contributed by atoms with Gasteiger partial charge in [-0.2, -0.15) is 0 Å². The third-order valence-corrected chi connectivity index (χ3v) is 3.40. The van der Waals surface area contributed by atoms with Crippen molar-refractivity contribution in [2.75, 3.05) is 6.54 Å². The maximum atomic E-state index is 12.0. The second-order valence-electron chi connectivity index (χ2n) is 5.02. The van der Waals surface area contributed by atoms with E-state index in [1.165, 1.54) is 0 Å². The van der Waals surface area contributed by atoms with Crippen molar-refractivity contribution < 1.29 is 9.90 Å². The predicted molar refractivity (Wildman–Crippen MR) is 67.0 cm³/mol. The molecule has 1 aliphatic rings. The summed E-state index contributed by atoms with van der Waals surface area (Å²) >= 11 is 0. The van der Waals surface area contributed by atoms with Gasteiger partial charge in [-0.15, -0.1) is 0 Å². The smallest absolute Gasteiger partial charge is 0.251 e. The van der Waals surface area contributed by atoms with E-state index in [2.05, 4.69) is 5.32 Å².